The number of hydrogen-bond acceptors (Lipinski definition) is 1. The topological polar surface area (TPSA) is 3.24 Å². The molecule has 2 heterocycles. The van der Waals surface area contributed by atoms with Crippen LogP contribution in [0.15, 0.2) is 24.3 Å². The molecule has 2 fully saturated rings. The lowest BCUT2D eigenvalue weighted by molar-refractivity contribution is 0.155. The summed E-state index contributed by atoms with van der Waals surface area (Å²) in [4.78, 5) is 2.60. The number of rotatable bonds is 1. The third kappa shape index (κ3) is 1.78. The van der Waals surface area contributed by atoms with Gasteiger partial charge in [0.05, 0.1) is 0 Å². The quantitative estimate of drug-likeness (QED) is 0.593. The molecular weight excluding hydrogens is 182 g/mol. The highest BCUT2D eigenvalue weighted by molar-refractivity contribution is 5.32. The highest BCUT2D eigenvalue weighted by Crippen LogP contribution is 2.49. The maximum atomic E-state index is 4.30. The van der Waals surface area contributed by atoms with Gasteiger partial charge in [0.25, 0.3) is 0 Å². The number of nitrogens with zero attached hydrogens (tertiary/aromatic N) is 1. The van der Waals surface area contributed by atoms with E-state index in [-0.39, 0.29) is 5.54 Å². The average Bonchev–Trinajstić information content (AvgIpc) is 2.47. The smallest absolute Gasteiger partial charge is 0.0464 e. The molecule has 1 nitrogen and oxygen atoms in total. The van der Waals surface area contributed by atoms with E-state index in [4.69, 9.17) is 0 Å². The minimum atomic E-state index is 0.259. The summed E-state index contributed by atoms with van der Waals surface area (Å²) in [5, 5.41) is 0. The van der Waals surface area contributed by atoms with Crippen molar-refractivity contribution < 1.29 is 0 Å². The molecule has 1 atom stereocenters. The van der Waals surface area contributed by atoms with Crippen molar-refractivity contribution in [3.8, 4) is 0 Å². The first-order chi connectivity index (χ1) is 6.83. The zero-order valence-corrected chi connectivity index (χ0v) is 10.4. The minimum absolute atomic E-state index is 0.259. The van der Waals surface area contributed by atoms with Crippen LogP contribution in [0, 0.1) is 5.41 Å². The third-order valence-electron chi connectivity index (χ3n) is 3.73. The zero-order chi connectivity index (χ0) is 11.3. The van der Waals surface area contributed by atoms with Gasteiger partial charge >= 0.3 is 0 Å². The van der Waals surface area contributed by atoms with Crippen LogP contribution in [0.25, 0.3) is 0 Å². The van der Waals surface area contributed by atoms with Crippen LogP contribution in [0.5, 0.6) is 0 Å². The zero-order valence-electron chi connectivity index (χ0n) is 10.4. The fraction of sp³-hybridized carbons (Fsp3) is 0.714. The molecule has 0 N–H and O–H groups in total. The van der Waals surface area contributed by atoms with Gasteiger partial charge in [-0.2, -0.15) is 0 Å². The summed E-state index contributed by atoms with van der Waals surface area (Å²) in [6.45, 7) is 17.7. The Morgan fingerprint density at radius 1 is 1.33 bits per heavy atom. The molecule has 0 aliphatic carbocycles. The van der Waals surface area contributed by atoms with Gasteiger partial charge in [0, 0.05) is 18.6 Å². The molecule has 0 radical (unpaired) electrons. The van der Waals surface area contributed by atoms with E-state index in [1.807, 2.05) is 0 Å². The fourth-order valence-electron chi connectivity index (χ4n) is 3.32. The van der Waals surface area contributed by atoms with Crippen molar-refractivity contribution in [2.45, 2.75) is 45.6 Å². The Bertz CT molecular complexity index is 308. The Labute approximate surface area is 93.9 Å². The lowest BCUT2D eigenvalue weighted by Crippen LogP contribution is -2.42. The molecule has 84 valence electrons. The van der Waals surface area contributed by atoms with Crippen molar-refractivity contribution in [2.24, 2.45) is 5.41 Å². The van der Waals surface area contributed by atoms with Crippen LogP contribution < -0.4 is 0 Å². The SMILES string of the molecule is C=C1CN2CCC(=C)C2(CC(C)(C)C)C1. The van der Waals surface area contributed by atoms with Crippen LogP contribution in [0.1, 0.15) is 40.0 Å². The molecule has 0 aromatic rings. The molecule has 0 bridgehead atoms. The monoisotopic (exact) mass is 205 g/mol. The van der Waals surface area contributed by atoms with E-state index >= 15 is 0 Å². The first-order valence-electron chi connectivity index (χ1n) is 5.93. The minimum Gasteiger partial charge on any atom is -0.289 e. The molecule has 15 heavy (non-hydrogen) atoms. The molecule has 0 aromatic carbocycles. The second-order valence-electron chi connectivity index (χ2n) is 6.47. The second kappa shape index (κ2) is 3.21. The van der Waals surface area contributed by atoms with Gasteiger partial charge in [0.2, 0.25) is 0 Å². The molecule has 0 aromatic heterocycles. The Balaban J connectivity index is 2.29. The molecule has 0 saturated carbocycles. The summed E-state index contributed by atoms with van der Waals surface area (Å²) in [6, 6.07) is 0. The predicted molar refractivity (Wildman–Crippen MR) is 65.9 cm³/mol. The maximum absolute atomic E-state index is 4.30. The van der Waals surface area contributed by atoms with Crippen LogP contribution in [-0.2, 0) is 0 Å². The first kappa shape index (κ1) is 10.9. The maximum Gasteiger partial charge on any atom is 0.0464 e. The highest BCUT2D eigenvalue weighted by Gasteiger charge is 2.49. The van der Waals surface area contributed by atoms with Gasteiger partial charge in [0.15, 0.2) is 0 Å². The summed E-state index contributed by atoms with van der Waals surface area (Å²) in [5.74, 6) is 0. The van der Waals surface area contributed by atoms with Crippen molar-refractivity contribution >= 4 is 0 Å². The largest absolute Gasteiger partial charge is 0.289 e. The molecule has 1 unspecified atom stereocenters. The Morgan fingerprint density at radius 3 is 2.60 bits per heavy atom. The van der Waals surface area contributed by atoms with E-state index in [0.29, 0.717) is 5.41 Å². The molecular formula is C14H23N. The van der Waals surface area contributed by atoms with E-state index in [1.54, 1.807) is 0 Å². The van der Waals surface area contributed by atoms with E-state index in [2.05, 4.69) is 38.8 Å². The van der Waals surface area contributed by atoms with Gasteiger partial charge in [-0.1, -0.05) is 45.1 Å². The van der Waals surface area contributed by atoms with Crippen molar-refractivity contribution in [3.63, 3.8) is 0 Å². The van der Waals surface area contributed by atoms with Crippen LogP contribution >= 0.6 is 0 Å². The summed E-state index contributed by atoms with van der Waals surface area (Å²) in [7, 11) is 0. The lowest BCUT2D eigenvalue weighted by Gasteiger charge is -2.38. The molecule has 2 saturated heterocycles. The first-order valence-corrected chi connectivity index (χ1v) is 5.93. The highest BCUT2D eigenvalue weighted by atomic mass is 15.2. The van der Waals surface area contributed by atoms with Gasteiger partial charge in [-0.15, -0.1) is 0 Å². The molecule has 0 spiro atoms. The lowest BCUT2D eigenvalue weighted by atomic mass is 9.75. The summed E-state index contributed by atoms with van der Waals surface area (Å²) >= 11 is 0. The Kier molecular flexibility index (Phi) is 2.34. The average molecular weight is 205 g/mol. The van der Waals surface area contributed by atoms with Crippen LogP contribution in [0.4, 0.5) is 0 Å². The van der Waals surface area contributed by atoms with Crippen molar-refractivity contribution in [1.82, 2.24) is 4.90 Å². The summed E-state index contributed by atoms with van der Waals surface area (Å²) in [6.07, 6.45) is 3.55. The van der Waals surface area contributed by atoms with E-state index in [0.717, 1.165) is 13.0 Å². The standard InChI is InChI=1S/C14H23N/c1-11-8-14(10-13(3,4)5)12(2)6-7-15(14)9-11/h1-2,6-10H2,3-5H3. The van der Waals surface area contributed by atoms with E-state index in [9.17, 15) is 0 Å². The van der Waals surface area contributed by atoms with Gasteiger partial charge in [-0.25, -0.2) is 0 Å². The predicted octanol–water partition coefficient (Wildman–Crippen LogP) is 3.38. The fourth-order valence-corrected chi connectivity index (χ4v) is 3.32. The second-order valence-corrected chi connectivity index (χ2v) is 6.47. The Hall–Kier alpha value is -0.560. The van der Waals surface area contributed by atoms with Crippen LogP contribution in [0.2, 0.25) is 0 Å². The van der Waals surface area contributed by atoms with Gasteiger partial charge in [0.1, 0.15) is 0 Å². The molecule has 2 rings (SSSR count). The molecule has 1 heteroatoms. The number of fused-ring (bicyclic) bond motifs is 1. The van der Waals surface area contributed by atoms with Crippen LogP contribution in [0.3, 0.4) is 0 Å². The van der Waals surface area contributed by atoms with E-state index < -0.39 is 0 Å². The van der Waals surface area contributed by atoms with Crippen LogP contribution in [-0.4, -0.2) is 23.5 Å². The van der Waals surface area contributed by atoms with Gasteiger partial charge in [-0.3, -0.25) is 4.90 Å². The number of hydrogen-bond donors (Lipinski definition) is 0. The Morgan fingerprint density at radius 2 is 2.00 bits per heavy atom. The summed E-state index contributed by atoms with van der Waals surface area (Å²) in [5.41, 5.74) is 3.46. The normalized spacial score (nSPS) is 32.5. The summed E-state index contributed by atoms with van der Waals surface area (Å²) < 4.78 is 0. The molecule has 2 aliphatic heterocycles. The van der Waals surface area contributed by atoms with Crippen molar-refractivity contribution in [1.29, 1.82) is 0 Å². The third-order valence-corrected chi connectivity index (χ3v) is 3.73. The van der Waals surface area contributed by atoms with Crippen molar-refractivity contribution in [3.05, 3.63) is 24.3 Å². The van der Waals surface area contributed by atoms with Gasteiger partial charge < -0.3 is 0 Å². The van der Waals surface area contributed by atoms with E-state index in [1.165, 1.54) is 30.5 Å². The van der Waals surface area contributed by atoms with Gasteiger partial charge in [-0.05, 0) is 24.7 Å². The van der Waals surface area contributed by atoms with Crippen molar-refractivity contribution in [2.75, 3.05) is 13.1 Å². The molecule has 0 amide bonds. The molecule has 2 aliphatic rings.